The van der Waals surface area contributed by atoms with Gasteiger partial charge in [-0.25, -0.2) is 4.79 Å². The molecule has 5 nitrogen and oxygen atoms in total. The van der Waals surface area contributed by atoms with Gasteiger partial charge in [0.25, 0.3) is 5.91 Å². The summed E-state index contributed by atoms with van der Waals surface area (Å²) in [5.74, 6) is -0.574. The van der Waals surface area contributed by atoms with E-state index in [1.54, 1.807) is 12.1 Å². The average molecular weight is 522 g/mol. The van der Waals surface area contributed by atoms with Gasteiger partial charge in [-0.05, 0) is 48.2 Å². The topological polar surface area (TPSA) is 70.2 Å². The summed E-state index contributed by atoms with van der Waals surface area (Å²) in [6.07, 6.45) is -2.84. The highest BCUT2D eigenvalue weighted by molar-refractivity contribution is 6.57. The summed E-state index contributed by atoms with van der Waals surface area (Å²) in [6, 6.07) is 17.4. The van der Waals surface area contributed by atoms with Crippen LogP contribution in [0.3, 0.4) is 0 Å². The normalized spacial score (nSPS) is 13.7. The Bertz CT molecular complexity index is 1250. The van der Waals surface area contributed by atoms with Crippen LogP contribution in [0.5, 0.6) is 0 Å². The molecule has 182 valence electrons. The molecule has 4 rings (SSSR count). The SMILES string of the molecule is O=C(Nc1cccc(C(F)(F)F)c1)Nc1cc(C(Cl)(Cl)C(=O)NC2CC2)ccc1-c1ccccc1. The van der Waals surface area contributed by atoms with Crippen LogP contribution in [0.2, 0.25) is 0 Å². The standard InChI is InChI=1S/C25H20Cl2F3N3O2/c26-24(27,22(34)31-18-10-11-18)16-9-12-20(15-5-2-1-3-6-15)21(14-16)33-23(35)32-19-8-4-7-17(13-19)25(28,29)30/h1-9,12-14,18H,10-11H2,(H,31,34)(H2,32,33,35). The van der Waals surface area contributed by atoms with Gasteiger partial charge in [0.1, 0.15) is 0 Å². The van der Waals surface area contributed by atoms with Crippen LogP contribution in [0.15, 0.2) is 72.8 Å². The Morgan fingerprint density at radius 2 is 1.54 bits per heavy atom. The first-order chi connectivity index (χ1) is 16.5. The van der Waals surface area contributed by atoms with E-state index in [9.17, 15) is 22.8 Å². The molecule has 0 heterocycles. The van der Waals surface area contributed by atoms with Crippen molar-refractivity contribution in [3.8, 4) is 11.1 Å². The Labute approximate surface area is 209 Å². The second kappa shape index (κ2) is 9.79. The van der Waals surface area contributed by atoms with E-state index < -0.39 is 28.0 Å². The molecule has 0 atom stereocenters. The molecule has 0 unspecified atom stereocenters. The highest BCUT2D eigenvalue weighted by Gasteiger charge is 2.39. The monoisotopic (exact) mass is 521 g/mol. The van der Waals surface area contributed by atoms with Gasteiger partial charge in [-0.2, -0.15) is 13.2 Å². The summed E-state index contributed by atoms with van der Waals surface area (Å²) in [5, 5.41) is 7.80. The molecular formula is C25H20Cl2F3N3O2. The highest BCUT2D eigenvalue weighted by atomic mass is 35.5. The summed E-state index contributed by atoms with van der Waals surface area (Å²) in [7, 11) is 0. The summed E-state index contributed by atoms with van der Waals surface area (Å²) >= 11 is 12.8. The van der Waals surface area contributed by atoms with Gasteiger partial charge in [-0.15, -0.1) is 0 Å². The lowest BCUT2D eigenvalue weighted by Gasteiger charge is -2.22. The molecule has 1 aliphatic rings. The first-order valence-electron chi connectivity index (χ1n) is 10.7. The van der Waals surface area contributed by atoms with Crippen molar-refractivity contribution in [1.82, 2.24) is 5.32 Å². The zero-order chi connectivity index (χ0) is 25.2. The molecule has 3 N–H and O–H groups in total. The van der Waals surface area contributed by atoms with Crippen LogP contribution in [0.25, 0.3) is 11.1 Å². The molecule has 10 heteroatoms. The number of carbonyl (C=O) groups excluding carboxylic acids is 2. The lowest BCUT2D eigenvalue weighted by Crippen LogP contribution is -2.37. The maximum Gasteiger partial charge on any atom is 0.416 e. The van der Waals surface area contributed by atoms with Crippen molar-refractivity contribution in [1.29, 1.82) is 0 Å². The van der Waals surface area contributed by atoms with Crippen LogP contribution in [0.1, 0.15) is 24.0 Å². The third-order valence-corrected chi connectivity index (χ3v) is 6.14. The van der Waals surface area contributed by atoms with E-state index in [4.69, 9.17) is 23.2 Å². The minimum atomic E-state index is -4.55. The third-order valence-electron chi connectivity index (χ3n) is 5.36. The van der Waals surface area contributed by atoms with E-state index in [1.165, 1.54) is 18.2 Å². The predicted octanol–water partition coefficient (Wildman–Crippen LogP) is 6.93. The molecule has 3 aromatic carbocycles. The van der Waals surface area contributed by atoms with Gasteiger partial charge in [-0.3, -0.25) is 4.79 Å². The quantitative estimate of drug-likeness (QED) is 0.308. The van der Waals surface area contributed by atoms with Crippen molar-refractivity contribution in [3.63, 3.8) is 0 Å². The van der Waals surface area contributed by atoms with Crippen LogP contribution < -0.4 is 16.0 Å². The van der Waals surface area contributed by atoms with E-state index in [0.717, 1.165) is 30.5 Å². The zero-order valence-electron chi connectivity index (χ0n) is 18.1. The lowest BCUT2D eigenvalue weighted by molar-refractivity contribution is -0.137. The fourth-order valence-electron chi connectivity index (χ4n) is 3.41. The number of rotatable bonds is 6. The summed E-state index contributed by atoms with van der Waals surface area (Å²) in [5.41, 5.74) is 0.919. The van der Waals surface area contributed by atoms with Crippen molar-refractivity contribution < 1.29 is 22.8 Å². The van der Waals surface area contributed by atoms with Gasteiger partial charge in [-0.1, -0.05) is 71.7 Å². The van der Waals surface area contributed by atoms with Crippen molar-refractivity contribution >= 4 is 46.5 Å². The smallest absolute Gasteiger partial charge is 0.350 e. The Hall–Kier alpha value is -3.23. The number of carbonyl (C=O) groups is 2. The highest BCUT2D eigenvalue weighted by Crippen LogP contribution is 2.39. The Kier molecular flexibility index (Phi) is 6.96. The van der Waals surface area contributed by atoms with E-state index >= 15 is 0 Å². The van der Waals surface area contributed by atoms with Crippen LogP contribution in [-0.4, -0.2) is 18.0 Å². The zero-order valence-corrected chi connectivity index (χ0v) is 19.6. The van der Waals surface area contributed by atoms with Gasteiger partial charge < -0.3 is 16.0 Å². The van der Waals surface area contributed by atoms with Crippen molar-refractivity contribution in [2.45, 2.75) is 29.4 Å². The third kappa shape index (κ3) is 6.07. The molecule has 3 aromatic rings. The number of halogens is 5. The lowest BCUT2D eigenvalue weighted by atomic mass is 9.99. The van der Waals surface area contributed by atoms with Crippen LogP contribution in [0, 0.1) is 0 Å². The molecule has 35 heavy (non-hydrogen) atoms. The van der Waals surface area contributed by atoms with E-state index in [2.05, 4.69) is 16.0 Å². The fourth-order valence-corrected chi connectivity index (χ4v) is 3.75. The van der Waals surface area contributed by atoms with Gasteiger partial charge in [0.2, 0.25) is 4.33 Å². The molecule has 0 bridgehead atoms. The Morgan fingerprint density at radius 1 is 0.829 bits per heavy atom. The maximum absolute atomic E-state index is 13.0. The minimum Gasteiger partial charge on any atom is -0.350 e. The molecule has 1 aliphatic carbocycles. The van der Waals surface area contributed by atoms with Crippen LogP contribution in [0.4, 0.5) is 29.3 Å². The summed E-state index contributed by atoms with van der Waals surface area (Å²) < 4.78 is 37.1. The van der Waals surface area contributed by atoms with Gasteiger partial charge in [0, 0.05) is 17.3 Å². The van der Waals surface area contributed by atoms with Gasteiger partial charge >= 0.3 is 12.2 Å². The number of urea groups is 1. The second-order valence-electron chi connectivity index (χ2n) is 8.11. The Balaban J connectivity index is 1.63. The maximum atomic E-state index is 13.0. The molecule has 1 saturated carbocycles. The van der Waals surface area contributed by atoms with Crippen LogP contribution >= 0.6 is 23.2 Å². The minimum absolute atomic E-state index is 0.0393. The van der Waals surface area contributed by atoms with E-state index in [-0.39, 0.29) is 23.0 Å². The van der Waals surface area contributed by atoms with Crippen molar-refractivity contribution in [2.24, 2.45) is 0 Å². The van der Waals surface area contributed by atoms with Crippen molar-refractivity contribution in [3.05, 3.63) is 83.9 Å². The largest absolute Gasteiger partial charge is 0.416 e. The van der Waals surface area contributed by atoms with E-state index in [0.29, 0.717) is 5.56 Å². The van der Waals surface area contributed by atoms with E-state index in [1.807, 2.05) is 30.3 Å². The predicted molar refractivity (Wildman–Crippen MR) is 131 cm³/mol. The summed E-state index contributed by atoms with van der Waals surface area (Å²) in [6.45, 7) is 0. The number of anilines is 2. The molecule has 3 amide bonds. The van der Waals surface area contributed by atoms with Crippen molar-refractivity contribution in [2.75, 3.05) is 10.6 Å². The Morgan fingerprint density at radius 3 is 2.20 bits per heavy atom. The average Bonchev–Trinajstić information content (AvgIpc) is 3.63. The number of nitrogens with one attached hydrogen (secondary N) is 3. The number of alkyl halides is 5. The number of benzene rings is 3. The fraction of sp³-hybridized carbons (Fsp3) is 0.200. The first kappa shape index (κ1) is 24.9. The van der Waals surface area contributed by atoms with Gasteiger partial charge in [0.15, 0.2) is 0 Å². The van der Waals surface area contributed by atoms with Gasteiger partial charge in [0.05, 0.1) is 11.3 Å². The first-order valence-corrected chi connectivity index (χ1v) is 11.4. The molecule has 0 aromatic heterocycles. The summed E-state index contributed by atoms with van der Waals surface area (Å²) in [4.78, 5) is 25.3. The molecule has 0 saturated heterocycles. The number of hydrogen-bond acceptors (Lipinski definition) is 2. The molecule has 0 spiro atoms. The number of amides is 3. The molecule has 1 fully saturated rings. The van der Waals surface area contributed by atoms with Crippen LogP contribution in [-0.2, 0) is 15.3 Å². The molecular weight excluding hydrogens is 502 g/mol. The molecule has 0 aliphatic heterocycles. The second-order valence-corrected chi connectivity index (χ2v) is 9.43. The number of hydrogen-bond donors (Lipinski definition) is 3. The molecule has 0 radical (unpaired) electrons.